The summed E-state index contributed by atoms with van der Waals surface area (Å²) in [5.41, 5.74) is 7.43. The SMILES string of the molecule is CCC(C)C(N)C(=O)NC(CCSC)C(=O)NC(CC(=O)O)C(=O)NC(Cc1c[nH]c2ccccc12)C(=O)O. The fourth-order valence-electron chi connectivity index (χ4n) is 3.93. The number of fused-ring (bicyclic) bond motifs is 1. The van der Waals surface area contributed by atoms with Gasteiger partial charge in [0.15, 0.2) is 0 Å². The predicted molar refractivity (Wildman–Crippen MR) is 148 cm³/mol. The molecule has 0 saturated carbocycles. The summed E-state index contributed by atoms with van der Waals surface area (Å²) in [5.74, 6) is -4.60. The average molecular weight is 564 g/mol. The highest BCUT2D eigenvalue weighted by Crippen LogP contribution is 2.19. The lowest BCUT2D eigenvalue weighted by Gasteiger charge is -2.25. The summed E-state index contributed by atoms with van der Waals surface area (Å²) in [5, 5.41) is 27.2. The highest BCUT2D eigenvalue weighted by molar-refractivity contribution is 7.98. The number of aromatic amines is 1. The maximum atomic E-state index is 13.1. The molecule has 2 aromatic rings. The van der Waals surface area contributed by atoms with Crippen LogP contribution < -0.4 is 21.7 Å². The number of carbonyl (C=O) groups excluding carboxylic acids is 3. The van der Waals surface area contributed by atoms with Crippen LogP contribution in [0.1, 0.15) is 38.7 Å². The Hall–Kier alpha value is -3.58. The molecule has 0 aliphatic rings. The summed E-state index contributed by atoms with van der Waals surface area (Å²) < 4.78 is 0. The van der Waals surface area contributed by atoms with E-state index in [-0.39, 0.29) is 18.8 Å². The van der Waals surface area contributed by atoms with Gasteiger partial charge in [0.1, 0.15) is 18.1 Å². The molecule has 39 heavy (non-hydrogen) atoms. The minimum atomic E-state index is -1.57. The number of nitrogens with two attached hydrogens (primary N) is 1. The number of H-pyrrole nitrogens is 1. The van der Waals surface area contributed by atoms with Gasteiger partial charge in [-0.15, -0.1) is 0 Å². The van der Waals surface area contributed by atoms with Crippen LogP contribution in [0.2, 0.25) is 0 Å². The number of hydrogen-bond donors (Lipinski definition) is 7. The third-order valence-electron chi connectivity index (χ3n) is 6.53. The van der Waals surface area contributed by atoms with E-state index in [1.165, 1.54) is 11.8 Å². The van der Waals surface area contributed by atoms with Gasteiger partial charge in [-0.05, 0) is 36.0 Å². The van der Waals surface area contributed by atoms with E-state index < -0.39 is 60.2 Å². The molecule has 5 unspecified atom stereocenters. The molecule has 2 rings (SSSR count). The van der Waals surface area contributed by atoms with Gasteiger partial charge in [-0.3, -0.25) is 19.2 Å². The average Bonchev–Trinajstić information content (AvgIpc) is 3.31. The Balaban J connectivity index is 2.18. The van der Waals surface area contributed by atoms with Gasteiger partial charge in [0, 0.05) is 23.5 Å². The molecule has 13 heteroatoms. The normalized spacial score (nSPS) is 15.0. The van der Waals surface area contributed by atoms with Gasteiger partial charge in [0.05, 0.1) is 12.5 Å². The third kappa shape index (κ3) is 9.29. The first-order chi connectivity index (χ1) is 18.5. The molecule has 214 valence electrons. The first-order valence-corrected chi connectivity index (χ1v) is 14.0. The molecule has 1 aromatic heterocycles. The van der Waals surface area contributed by atoms with Crippen LogP contribution in [-0.2, 0) is 30.4 Å². The molecule has 0 radical (unpaired) electrons. The number of carboxylic acids is 2. The number of thioether (sulfide) groups is 1. The molecular weight excluding hydrogens is 526 g/mol. The number of nitrogens with one attached hydrogen (secondary N) is 4. The Kier molecular flexibility index (Phi) is 12.3. The highest BCUT2D eigenvalue weighted by atomic mass is 32.2. The maximum absolute atomic E-state index is 13.1. The Morgan fingerprint density at radius 2 is 1.59 bits per heavy atom. The van der Waals surface area contributed by atoms with Gasteiger partial charge < -0.3 is 36.9 Å². The molecule has 1 heterocycles. The van der Waals surface area contributed by atoms with Gasteiger partial charge in [0.25, 0.3) is 0 Å². The summed E-state index contributed by atoms with van der Waals surface area (Å²) in [6, 6.07) is 2.39. The Morgan fingerprint density at radius 3 is 2.21 bits per heavy atom. The summed E-state index contributed by atoms with van der Waals surface area (Å²) in [4.78, 5) is 65.3. The van der Waals surface area contributed by atoms with Crippen LogP contribution in [-0.4, -0.2) is 81.0 Å². The van der Waals surface area contributed by atoms with E-state index in [1.54, 1.807) is 12.3 Å². The van der Waals surface area contributed by atoms with E-state index >= 15 is 0 Å². The number of para-hydroxylation sites is 1. The second kappa shape index (κ2) is 15.1. The van der Waals surface area contributed by atoms with Crippen LogP contribution in [0.4, 0.5) is 0 Å². The quantitative estimate of drug-likeness (QED) is 0.154. The zero-order chi connectivity index (χ0) is 29.1. The van der Waals surface area contributed by atoms with E-state index in [4.69, 9.17) is 5.73 Å². The Morgan fingerprint density at radius 1 is 0.974 bits per heavy atom. The molecule has 5 atom stereocenters. The van der Waals surface area contributed by atoms with Crippen molar-refractivity contribution < 1.29 is 34.2 Å². The molecule has 3 amide bonds. The van der Waals surface area contributed by atoms with Crippen molar-refractivity contribution >= 4 is 52.3 Å². The second-order valence-electron chi connectivity index (χ2n) is 9.38. The van der Waals surface area contributed by atoms with Crippen molar-refractivity contribution in [1.82, 2.24) is 20.9 Å². The van der Waals surface area contributed by atoms with Crippen molar-refractivity contribution in [1.29, 1.82) is 0 Å². The van der Waals surface area contributed by atoms with Crippen LogP contribution >= 0.6 is 11.8 Å². The monoisotopic (exact) mass is 563 g/mol. The molecule has 0 aliphatic carbocycles. The smallest absolute Gasteiger partial charge is 0.326 e. The van der Waals surface area contributed by atoms with Crippen molar-refractivity contribution in [3.63, 3.8) is 0 Å². The molecule has 0 fully saturated rings. The van der Waals surface area contributed by atoms with Crippen molar-refractivity contribution in [3.8, 4) is 0 Å². The number of aliphatic carboxylic acids is 2. The summed E-state index contributed by atoms with van der Waals surface area (Å²) in [6.07, 6.45) is 3.48. The first kappa shape index (κ1) is 31.6. The Bertz CT molecular complexity index is 1170. The van der Waals surface area contributed by atoms with Crippen LogP contribution in [0.5, 0.6) is 0 Å². The Labute approximate surface area is 230 Å². The van der Waals surface area contributed by atoms with Gasteiger partial charge >= 0.3 is 11.9 Å². The van der Waals surface area contributed by atoms with Crippen molar-refractivity contribution in [2.75, 3.05) is 12.0 Å². The molecule has 8 N–H and O–H groups in total. The van der Waals surface area contributed by atoms with E-state index in [2.05, 4.69) is 20.9 Å². The van der Waals surface area contributed by atoms with Gasteiger partial charge in [-0.2, -0.15) is 11.8 Å². The molecular formula is C26H37N5O7S. The van der Waals surface area contributed by atoms with Gasteiger partial charge in [-0.1, -0.05) is 38.5 Å². The lowest BCUT2D eigenvalue weighted by atomic mass is 9.99. The fraction of sp³-hybridized carbons (Fsp3) is 0.500. The summed E-state index contributed by atoms with van der Waals surface area (Å²) in [6.45, 7) is 3.69. The van der Waals surface area contributed by atoms with E-state index in [0.717, 1.165) is 10.9 Å². The molecule has 0 bridgehead atoms. The van der Waals surface area contributed by atoms with E-state index in [0.29, 0.717) is 17.7 Å². The maximum Gasteiger partial charge on any atom is 0.326 e. The predicted octanol–water partition coefficient (Wildman–Crippen LogP) is 0.851. The number of carboxylic acid groups (broad SMARTS) is 2. The van der Waals surface area contributed by atoms with Crippen LogP contribution in [0.25, 0.3) is 10.9 Å². The lowest BCUT2D eigenvalue weighted by Crippen LogP contribution is -2.58. The number of aromatic nitrogens is 1. The standard InChI is InChI=1S/C26H37N5O7S/c1-4-14(2)22(27)25(36)29-18(9-10-39-3)23(34)30-19(12-21(32)33)24(35)31-20(26(37)38)11-15-13-28-17-8-6-5-7-16(15)17/h5-8,13-14,18-20,22,28H,4,9-12,27H2,1-3H3,(H,29,36)(H,30,34)(H,31,35)(H,32,33)(H,37,38). The molecule has 0 aliphatic heterocycles. The topological polar surface area (TPSA) is 204 Å². The van der Waals surface area contributed by atoms with Crippen LogP contribution in [0.15, 0.2) is 30.5 Å². The lowest BCUT2D eigenvalue weighted by molar-refractivity contribution is -0.143. The first-order valence-electron chi connectivity index (χ1n) is 12.6. The number of rotatable bonds is 16. The fourth-order valence-corrected chi connectivity index (χ4v) is 4.41. The van der Waals surface area contributed by atoms with Gasteiger partial charge in [0.2, 0.25) is 17.7 Å². The van der Waals surface area contributed by atoms with E-state index in [1.807, 2.05) is 38.3 Å². The van der Waals surface area contributed by atoms with Crippen molar-refractivity contribution in [3.05, 3.63) is 36.0 Å². The molecule has 1 aromatic carbocycles. The zero-order valence-electron chi connectivity index (χ0n) is 22.2. The van der Waals surface area contributed by atoms with Crippen molar-refractivity contribution in [2.45, 2.75) is 63.7 Å². The largest absolute Gasteiger partial charge is 0.481 e. The minimum absolute atomic E-state index is 0.0707. The second-order valence-corrected chi connectivity index (χ2v) is 10.4. The minimum Gasteiger partial charge on any atom is -0.481 e. The number of carbonyl (C=O) groups is 5. The zero-order valence-corrected chi connectivity index (χ0v) is 23.0. The highest BCUT2D eigenvalue weighted by Gasteiger charge is 2.32. The van der Waals surface area contributed by atoms with E-state index in [9.17, 15) is 34.2 Å². The molecule has 0 saturated heterocycles. The van der Waals surface area contributed by atoms with Gasteiger partial charge in [-0.25, -0.2) is 4.79 Å². The van der Waals surface area contributed by atoms with Crippen LogP contribution in [0.3, 0.4) is 0 Å². The summed E-state index contributed by atoms with van der Waals surface area (Å²) in [7, 11) is 0. The number of hydrogen-bond acceptors (Lipinski definition) is 7. The van der Waals surface area contributed by atoms with Crippen molar-refractivity contribution in [2.24, 2.45) is 11.7 Å². The van der Waals surface area contributed by atoms with Crippen LogP contribution in [0, 0.1) is 5.92 Å². The molecule has 0 spiro atoms. The number of amides is 3. The summed E-state index contributed by atoms with van der Waals surface area (Å²) >= 11 is 1.44. The third-order valence-corrected chi connectivity index (χ3v) is 7.17. The number of benzene rings is 1. The molecule has 12 nitrogen and oxygen atoms in total.